The average molecular weight is 174 g/mol. The van der Waals surface area contributed by atoms with Crippen molar-refractivity contribution in [2.45, 2.75) is 6.92 Å². The van der Waals surface area contributed by atoms with Gasteiger partial charge in [-0.05, 0) is 42.8 Å². The summed E-state index contributed by atoms with van der Waals surface area (Å²) in [7, 11) is 0. The number of hydrogen-bond donors (Lipinski definition) is 1. The Bertz CT molecular complexity index is 402. The Labute approximate surface area is 76.4 Å². The van der Waals surface area contributed by atoms with Gasteiger partial charge in [0.05, 0.1) is 6.26 Å². The van der Waals surface area contributed by atoms with Crippen molar-refractivity contribution in [2.75, 3.05) is 0 Å². The van der Waals surface area contributed by atoms with Crippen molar-refractivity contribution in [3.8, 4) is 17.1 Å². The summed E-state index contributed by atoms with van der Waals surface area (Å²) in [6.45, 7) is 1.94. The number of aromatic hydroxyl groups is 1. The number of rotatable bonds is 1. The topological polar surface area (TPSA) is 33.4 Å². The Hall–Kier alpha value is -1.70. The summed E-state index contributed by atoms with van der Waals surface area (Å²) >= 11 is 0. The van der Waals surface area contributed by atoms with Crippen LogP contribution in [0, 0.1) is 6.92 Å². The fourth-order valence-corrected chi connectivity index (χ4v) is 1.36. The first-order valence-corrected chi connectivity index (χ1v) is 4.11. The van der Waals surface area contributed by atoms with Crippen LogP contribution in [-0.4, -0.2) is 5.11 Å². The Morgan fingerprint density at radius 3 is 2.69 bits per heavy atom. The van der Waals surface area contributed by atoms with E-state index in [4.69, 9.17) is 4.42 Å². The van der Waals surface area contributed by atoms with E-state index in [9.17, 15) is 5.11 Å². The number of furan rings is 1. The highest BCUT2D eigenvalue weighted by Gasteiger charge is 2.03. The van der Waals surface area contributed by atoms with Crippen molar-refractivity contribution in [3.63, 3.8) is 0 Å². The summed E-state index contributed by atoms with van der Waals surface area (Å²) in [5, 5.41) is 9.20. The molecule has 13 heavy (non-hydrogen) atoms. The molecule has 2 nitrogen and oxygen atoms in total. The molecule has 0 radical (unpaired) electrons. The molecule has 1 aromatic heterocycles. The van der Waals surface area contributed by atoms with E-state index in [1.165, 1.54) is 0 Å². The fraction of sp³-hybridized carbons (Fsp3) is 0.0909. The highest BCUT2D eigenvalue weighted by atomic mass is 16.3. The third-order valence-electron chi connectivity index (χ3n) is 2.00. The predicted octanol–water partition coefficient (Wildman–Crippen LogP) is 2.96. The van der Waals surface area contributed by atoms with Gasteiger partial charge in [-0.2, -0.15) is 0 Å². The van der Waals surface area contributed by atoms with Gasteiger partial charge < -0.3 is 9.52 Å². The van der Waals surface area contributed by atoms with Gasteiger partial charge in [-0.3, -0.25) is 0 Å². The van der Waals surface area contributed by atoms with Crippen molar-refractivity contribution >= 4 is 0 Å². The van der Waals surface area contributed by atoms with E-state index in [1.807, 2.05) is 25.1 Å². The zero-order valence-electron chi connectivity index (χ0n) is 7.32. The minimum absolute atomic E-state index is 0.285. The second-order valence-corrected chi connectivity index (χ2v) is 2.98. The van der Waals surface area contributed by atoms with Crippen LogP contribution >= 0.6 is 0 Å². The van der Waals surface area contributed by atoms with E-state index in [-0.39, 0.29) is 5.75 Å². The number of phenolic OH excluding ortho intramolecular Hbond substituents is 1. The van der Waals surface area contributed by atoms with Crippen molar-refractivity contribution in [1.29, 1.82) is 0 Å². The molecule has 0 unspecified atom stereocenters. The molecular weight excluding hydrogens is 164 g/mol. The SMILES string of the molecule is Cc1cc(O)ccc1-c1ccco1. The van der Waals surface area contributed by atoms with Crippen LogP contribution in [0.4, 0.5) is 0 Å². The van der Waals surface area contributed by atoms with Gasteiger partial charge in [-0.1, -0.05) is 0 Å². The van der Waals surface area contributed by atoms with E-state index in [0.29, 0.717) is 0 Å². The molecule has 1 aromatic carbocycles. The maximum Gasteiger partial charge on any atom is 0.134 e. The fourth-order valence-electron chi connectivity index (χ4n) is 1.36. The number of phenols is 1. The third kappa shape index (κ3) is 1.43. The second kappa shape index (κ2) is 2.98. The lowest BCUT2D eigenvalue weighted by Gasteiger charge is -2.02. The van der Waals surface area contributed by atoms with Crippen LogP contribution in [0.3, 0.4) is 0 Å². The average Bonchev–Trinajstić information content (AvgIpc) is 2.56. The Morgan fingerprint density at radius 2 is 2.08 bits per heavy atom. The van der Waals surface area contributed by atoms with Gasteiger partial charge in [0.15, 0.2) is 0 Å². The monoisotopic (exact) mass is 174 g/mol. The first-order chi connectivity index (χ1) is 6.27. The third-order valence-corrected chi connectivity index (χ3v) is 2.00. The molecule has 0 saturated heterocycles. The summed E-state index contributed by atoms with van der Waals surface area (Å²) in [4.78, 5) is 0. The summed E-state index contributed by atoms with van der Waals surface area (Å²) in [5.74, 6) is 1.12. The smallest absolute Gasteiger partial charge is 0.134 e. The van der Waals surface area contributed by atoms with Crippen molar-refractivity contribution in [3.05, 3.63) is 42.2 Å². The second-order valence-electron chi connectivity index (χ2n) is 2.98. The zero-order chi connectivity index (χ0) is 9.26. The molecule has 2 aromatic rings. The molecule has 0 aliphatic carbocycles. The summed E-state index contributed by atoms with van der Waals surface area (Å²) < 4.78 is 5.26. The minimum atomic E-state index is 0.285. The molecule has 0 aliphatic heterocycles. The van der Waals surface area contributed by atoms with Crippen LogP contribution in [0.2, 0.25) is 0 Å². The van der Waals surface area contributed by atoms with Gasteiger partial charge in [0.2, 0.25) is 0 Å². The van der Waals surface area contributed by atoms with Crippen LogP contribution < -0.4 is 0 Å². The number of benzene rings is 1. The quantitative estimate of drug-likeness (QED) is 0.721. The summed E-state index contributed by atoms with van der Waals surface area (Å²) in [6, 6.07) is 8.98. The molecule has 66 valence electrons. The molecule has 2 heteroatoms. The maximum absolute atomic E-state index is 9.20. The normalized spacial score (nSPS) is 10.2. The molecule has 0 saturated carbocycles. The highest BCUT2D eigenvalue weighted by molar-refractivity contribution is 5.62. The van der Waals surface area contributed by atoms with Crippen LogP contribution in [0.5, 0.6) is 5.75 Å². The van der Waals surface area contributed by atoms with Crippen LogP contribution in [-0.2, 0) is 0 Å². The van der Waals surface area contributed by atoms with Gasteiger partial charge in [-0.25, -0.2) is 0 Å². The summed E-state index contributed by atoms with van der Waals surface area (Å²) in [6.07, 6.45) is 1.64. The van der Waals surface area contributed by atoms with Gasteiger partial charge >= 0.3 is 0 Å². The van der Waals surface area contributed by atoms with Crippen molar-refractivity contribution in [2.24, 2.45) is 0 Å². The molecule has 0 spiro atoms. The van der Waals surface area contributed by atoms with Crippen LogP contribution in [0.15, 0.2) is 41.0 Å². The van der Waals surface area contributed by atoms with E-state index >= 15 is 0 Å². The molecule has 2 rings (SSSR count). The van der Waals surface area contributed by atoms with E-state index < -0.39 is 0 Å². The highest BCUT2D eigenvalue weighted by Crippen LogP contribution is 2.26. The first kappa shape index (κ1) is 7.92. The van der Waals surface area contributed by atoms with Crippen LogP contribution in [0.25, 0.3) is 11.3 Å². The molecule has 0 bridgehead atoms. The van der Waals surface area contributed by atoms with E-state index in [2.05, 4.69) is 0 Å². The number of aryl methyl sites for hydroxylation is 1. The molecular formula is C11H10O2. The van der Waals surface area contributed by atoms with Crippen molar-refractivity contribution < 1.29 is 9.52 Å². The van der Waals surface area contributed by atoms with Gasteiger partial charge in [0, 0.05) is 5.56 Å². The molecule has 0 amide bonds. The minimum Gasteiger partial charge on any atom is -0.508 e. The lowest BCUT2D eigenvalue weighted by atomic mass is 10.1. The van der Waals surface area contributed by atoms with Crippen LogP contribution in [0.1, 0.15) is 5.56 Å². The first-order valence-electron chi connectivity index (χ1n) is 4.11. The molecule has 1 N–H and O–H groups in total. The molecule has 1 heterocycles. The summed E-state index contributed by atoms with van der Waals surface area (Å²) in [5.41, 5.74) is 2.03. The lowest BCUT2D eigenvalue weighted by Crippen LogP contribution is -1.79. The maximum atomic E-state index is 9.20. The molecule has 0 atom stereocenters. The Kier molecular flexibility index (Phi) is 1.81. The van der Waals surface area contributed by atoms with Gasteiger partial charge in [0.25, 0.3) is 0 Å². The molecule has 0 fully saturated rings. The predicted molar refractivity (Wildman–Crippen MR) is 50.5 cm³/mol. The van der Waals surface area contributed by atoms with Crippen molar-refractivity contribution in [1.82, 2.24) is 0 Å². The lowest BCUT2D eigenvalue weighted by molar-refractivity contribution is 0.475. The van der Waals surface area contributed by atoms with E-state index in [0.717, 1.165) is 16.9 Å². The standard InChI is InChI=1S/C11H10O2/c1-8-7-9(12)4-5-10(8)11-3-2-6-13-11/h2-7,12H,1H3. The molecule has 0 aliphatic rings. The Morgan fingerprint density at radius 1 is 1.23 bits per heavy atom. The van der Waals surface area contributed by atoms with Gasteiger partial charge in [0.1, 0.15) is 11.5 Å². The zero-order valence-corrected chi connectivity index (χ0v) is 7.32. The number of hydrogen-bond acceptors (Lipinski definition) is 2. The largest absolute Gasteiger partial charge is 0.508 e. The van der Waals surface area contributed by atoms with E-state index in [1.54, 1.807) is 18.4 Å². The Balaban J connectivity index is 2.53. The van der Waals surface area contributed by atoms with Gasteiger partial charge in [-0.15, -0.1) is 0 Å².